The smallest absolute Gasteiger partial charge is 0.123 e. The molecule has 0 bridgehead atoms. The third kappa shape index (κ3) is 3.06. The van der Waals surface area contributed by atoms with Gasteiger partial charge in [-0.05, 0) is 36.4 Å². The van der Waals surface area contributed by atoms with Crippen molar-refractivity contribution in [3.63, 3.8) is 0 Å². The zero-order valence-corrected chi connectivity index (χ0v) is 11.0. The van der Waals surface area contributed by atoms with Crippen molar-refractivity contribution in [3.8, 4) is 0 Å². The maximum absolute atomic E-state index is 12.9. The zero-order chi connectivity index (χ0) is 12.3. The Morgan fingerprint density at radius 1 is 1.24 bits per heavy atom. The maximum Gasteiger partial charge on any atom is 0.123 e. The van der Waals surface area contributed by atoms with Gasteiger partial charge in [0.15, 0.2) is 0 Å². The van der Waals surface area contributed by atoms with Crippen LogP contribution in [0.25, 0.3) is 0 Å². The molecule has 1 nitrogen and oxygen atoms in total. The van der Waals surface area contributed by atoms with Crippen LogP contribution in [0.4, 0.5) is 4.39 Å². The molecule has 0 amide bonds. The van der Waals surface area contributed by atoms with E-state index in [2.05, 4.69) is 5.32 Å². The van der Waals surface area contributed by atoms with Crippen LogP contribution in [0.1, 0.15) is 23.4 Å². The third-order valence-corrected chi connectivity index (χ3v) is 3.79. The van der Waals surface area contributed by atoms with E-state index >= 15 is 0 Å². The monoisotopic (exact) mass is 269 g/mol. The number of thiophene rings is 1. The molecule has 0 saturated carbocycles. The molecule has 0 aliphatic rings. The van der Waals surface area contributed by atoms with E-state index in [-0.39, 0.29) is 11.9 Å². The summed E-state index contributed by atoms with van der Waals surface area (Å²) >= 11 is 7.49. The van der Waals surface area contributed by atoms with E-state index in [0.717, 1.165) is 21.3 Å². The first-order chi connectivity index (χ1) is 8.20. The standard InChI is InChI=1S/C13H13ClFNS/c1-2-16-13(11-7-8-12(14)17-11)9-3-5-10(15)6-4-9/h3-8,13,16H,2H2,1H3. The Morgan fingerprint density at radius 2 is 1.94 bits per heavy atom. The largest absolute Gasteiger partial charge is 0.306 e. The molecule has 0 aliphatic carbocycles. The van der Waals surface area contributed by atoms with Crippen LogP contribution >= 0.6 is 22.9 Å². The molecule has 1 aromatic carbocycles. The van der Waals surface area contributed by atoms with Crippen LogP contribution in [0.5, 0.6) is 0 Å². The van der Waals surface area contributed by atoms with Crippen LogP contribution in [-0.2, 0) is 0 Å². The summed E-state index contributed by atoms with van der Waals surface area (Å²) in [6, 6.07) is 10.5. The van der Waals surface area contributed by atoms with Gasteiger partial charge in [0.05, 0.1) is 10.4 Å². The summed E-state index contributed by atoms with van der Waals surface area (Å²) in [6.07, 6.45) is 0. The number of hydrogen-bond donors (Lipinski definition) is 1. The van der Waals surface area contributed by atoms with E-state index in [0.29, 0.717) is 0 Å². The summed E-state index contributed by atoms with van der Waals surface area (Å²) in [5, 5.41) is 3.38. The van der Waals surface area contributed by atoms with Crippen LogP contribution in [0.3, 0.4) is 0 Å². The van der Waals surface area contributed by atoms with Gasteiger partial charge in [-0.1, -0.05) is 30.7 Å². The normalized spacial score (nSPS) is 12.6. The lowest BCUT2D eigenvalue weighted by Gasteiger charge is -2.16. The molecule has 2 aromatic rings. The molecule has 0 radical (unpaired) electrons. The minimum Gasteiger partial charge on any atom is -0.306 e. The van der Waals surface area contributed by atoms with Gasteiger partial charge in [0, 0.05) is 4.88 Å². The Balaban J connectivity index is 2.31. The molecule has 0 aliphatic heterocycles. The summed E-state index contributed by atoms with van der Waals surface area (Å²) in [4.78, 5) is 1.14. The topological polar surface area (TPSA) is 12.0 Å². The first kappa shape index (κ1) is 12.6. The van der Waals surface area contributed by atoms with E-state index in [9.17, 15) is 4.39 Å². The number of benzene rings is 1. The van der Waals surface area contributed by atoms with Gasteiger partial charge in [0.1, 0.15) is 5.82 Å². The van der Waals surface area contributed by atoms with Crippen LogP contribution in [0.15, 0.2) is 36.4 Å². The lowest BCUT2D eigenvalue weighted by molar-refractivity contribution is 0.617. The van der Waals surface area contributed by atoms with Crippen molar-refractivity contribution in [2.75, 3.05) is 6.54 Å². The molecule has 90 valence electrons. The highest BCUT2D eigenvalue weighted by Crippen LogP contribution is 2.31. The molecular weight excluding hydrogens is 257 g/mol. The van der Waals surface area contributed by atoms with Crippen molar-refractivity contribution in [2.24, 2.45) is 0 Å². The average Bonchev–Trinajstić information content (AvgIpc) is 2.74. The second-order valence-corrected chi connectivity index (χ2v) is 5.43. The van der Waals surface area contributed by atoms with Gasteiger partial charge >= 0.3 is 0 Å². The van der Waals surface area contributed by atoms with Crippen LogP contribution in [0, 0.1) is 5.82 Å². The number of hydrogen-bond acceptors (Lipinski definition) is 2. The molecule has 2 rings (SSSR count). The fourth-order valence-electron chi connectivity index (χ4n) is 1.73. The van der Waals surface area contributed by atoms with Crippen molar-refractivity contribution in [2.45, 2.75) is 13.0 Å². The van der Waals surface area contributed by atoms with Gasteiger partial charge in [0.25, 0.3) is 0 Å². The molecule has 0 fully saturated rings. The van der Waals surface area contributed by atoms with Crippen molar-refractivity contribution < 1.29 is 4.39 Å². The molecule has 4 heteroatoms. The zero-order valence-electron chi connectivity index (χ0n) is 9.41. The lowest BCUT2D eigenvalue weighted by Crippen LogP contribution is -2.20. The minimum atomic E-state index is -0.215. The molecule has 1 N–H and O–H groups in total. The van der Waals surface area contributed by atoms with E-state index in [1.807, 2.05) is 19.1 Å². The van der Waals surface area contributed by atoms with Gasteiger partial charge < -0.3 is 5.32 Å². The van der Waals surface area contributed by atoms with Crippen molar-refractivity contribution in [1.82, 2.24) is 5.32 Å². The molecule has 0 spiro atoms. The fraction of sp³-hybridized carbons (Fsp3) is 0.231. The van der Waals surface area contributed by atoms with Gasteiger partial charge in [0.2, 0.25) is 0 Å². The van der Waals surface area contributed by atoms with E-state index in [1.165, 1.54) is 12.1 Å². The van der Waals surface area contributed by atoms with Crippen molar-refractivity contribution in [3.05, 3.63) is 57.0 Å². The van der Waals surface area contributed by atoms with Gasteiger partial charge in [-0.2, -0.15) is 0 Å². The van der Waals surface area contributed by atoms with Crippen LogP contribution in [-0.4, -0.2) is 6.54 Å². The Labute approximate surface area is 109 Å². The predicted molar refractivity (Wildman–Crippen MR) is 71.2 cm³/mol. The summed E-state index contributed by atoms with van der Waals surface area (Å²) in [6.45, 7) is 2.89. The lowest BCUT2D eigenvalue weighted by atomic mass is 10.1. The van der Waals surface area contributed by atoms with E-state index in [4.69, 9.17) is 11.6 Å². The summed E-state index contributed by atoms with van der Waals surface area (Å²) in [5.41, 5.74) is 1.05. The van der Waals surface area contributed by atoms with Gasteiger partial charge in [-0.15, -0.1) is 11.3 Å². The first-order valence-electron chi connectivity index (χ1n) is 5.44. The van der Waals surface area contributed by atoms with Gasteiger partial charge in [-0.3, -0.25) is 0 Å². The van der Waals surface area contributed by atoms with Crippen LogP contribution in [0.2, 0.25) is 4.34 Å². The van der Waals surface area contributed by atoms with E-state index < -0.39 is 0 Å². The third-order valence-electron chi connectivity index (χ3n) is 2.49. The second-order valence-electron chi connectivity index (χ2n) is 3.68. The highest BCUT2D eigenvalue weighted by molar-refractivity contribution is 7.16. The number of rotatable bonds is 4. The molecular formula is C13H13ClFNS. The predicted octanol–water partition coefficient (Wildman–Crippen LogP) is 4.24. The summed E-state index contributed by atoms with van der Waals surface area (Å²) < 4.78 is 13.7. The summed E-state index contributed by atoms with van der Waals surface area (Å²) in [7, 11) is 0. The average molecular weight is 270 g/mol. The van der Waals surface area contributed by atoms with Gasteiger partial charge in [-0.25, -0.2) is 4.39 Å². The molecule has 1 atom stereocenters. The highest BCUT2D eigenvalue weighted by atomic mass is 35.5. The maximum atomic E-state index is 12.9. The minimum absolute atomic E-state index is 0.0816. The molecule has 17 heavy (non-hydrogen) atoms. The Hall–Kier alpha value is -0.900. The Bertz CT molecular complexity index is 480. The molecule has 0 saturated heterocycles. The summed E-state index contributed by atoms with van der Waals surface area (Å²) in [5.74, 6) is -0.215. The fourth-order valence-corrected chi connectivity index (χ4v) is 2.89. The Morgan fingerprint density at radius 3 is 2.47 bits per heavy atom. The van der Waals surface area contributed by atoms with Crippen molar-refractivity contribution >= 4 is 22.9 Å². The quantitative estimate of drug-likeness (QED) is 0.875. The number of halogens is 2. The molecule has 1 aromatic heterocycles. The van der Waals surface area contributed by atoms with Crippen molar-refractivity contribution in [1.29, 1.82) is 0 Å². The Kier molecular flexibility index (Phi) is 4.15. The number of nitrogens with one attached hydrogen (secondary N) is 1. The highest BCUT2D eigenvalue weighted by Gasteiger charge is 2.14. The molecule has 1 unspecified atom stereocenters. The first-order valence-corrected chi connectivity index (χ1v) is 6.64. The van der Waals surface area contributed by atoms with E-state index in [1.54, 1.807) is 23.5 Å². The second kappa shape index (κ2) is 5.63. The van der Waals surface area contributed by atoms with Crippen LogP contribution < -0.4 is 5.32 Å². The molecule has 1 heterocycles. The SMILES string of the molecule is CCNC(c1ccc(F)cc1)c1ccc(Cl)s1.